The van der Waals surface area contributed by atoms with E-state index in [4.69, 9.17) is 0 Å². The minimum atomic E-state index is -0.0540. The van der Waals surface area contributed by atoms with Crippen molar-refractivity contribution in [2.45, 2.75) is 45.6 Å². The van der Waals surface area contributed by atoms with E-state index in [1.807, 2.05) is 6.92 Å². The first kappa shape index (κ1) is 15.7. The zero-order chi connectivity index (χ0) is 15.4. The zero-order valence-corrected chi connectivity index (χ0v) is 13.1. The average molecular weight is 288 g/mol. The molecule has 2 amide bonds. The number of hydrogen-bond donors (Lipinski definition) is 1. The van der Waals surface area contributed by atoms with Crippen LogP contribution in [0.3, 0.4) is 0 Å². The van der Waals surface area contributed by atoms with Crippen LogP contribution in [-0.2, 0) is 9.59 Å². The summed E-state index contributed by atoms with van der Waals surface area (Å²) in [6.07, 6.45) is 0.702. The molecule has 0 aromatic heterocycles. The van der Waals surface area contributed by atoms with Crippen LogP contribution in [0.1, 0.15) is 56.7 Å². The lowest BCUT2D eigenvalue weighted by molar-refractivity contribution is -0.138. The highest BCUT2D eigenvalue weighted by molar-refractivity contribution is 6.01. The molecule has 4 heteroatoms. The lowest BCUT2D eigenvalue weighted by Crippen LogP contribution is -2.38. The molecule has 0 saturated carbocycles. The van der Waals surface area contributed by atoms with Crippen LogP contribution in [0.25, 0.3) is 0 Å². The second-order valence-corrected chi connectivity index (χ2v) is 5.83. The number of likely N-dealkylation sites (N-methyl/N-ethyl adjacent to an activating group) is 1. The van der Waals surface area contributed by atoms with Crippen LogP contribution < -0.4 is 5.32 Å². The number of amides is 2. The summed E-state index contributed by atoms with van der Waals surface area (Å²) >= 11 is 0. The van der Waals surface area contributed by atoms with E-state index in [-0.39, 0.29) is 17.9 Å². The van der Waals surface area contributed by atoms with E-state index in [0.29, 0.717) is 25.3 Å². The summed E-state index contributed by atoms with van der Waals surface area (Å²) in [5, 5.41) is 3.37. The Morgan fingerprint density at radius 2 is 1.57 bits per heavy atom. The summed E-state index contributed by atoms with van der Waals surface area (Å²) in [5.74, 6) is 0.391. The highest BCUT2D eigenvalue weighted by Crippen LogP contribution is 2.22. The molecule has 0 aliphatic carbocycles. The van der Waals surface area contributed by atoms with Gasteiger partial charge in [0.25, 0.3) is 0 Å². The smallest absolute Gasteiger partial charge is 0.229 e. The number of carbonyl (C=O) groups excluding carboxylic acids is 2. The van der Waals surface area contributed by atoms with Crippen LogP contribution in [-0.4, -0.2) is 29.8 Å². The second-order valence-electron chi connectivity index (χ2n) is 5.83. The molecule has 1 unspecified atom stereocenters. The lowest BCUT2D eigenvalue weighted by atomic mass is 9.99. The van der Waals surface area contributed by atoms with Gasteiger partial charge < -0.3 is 5.32 Å². The van der Waals surface area contributed by atoms with E-state index in [9.17, 15) is 9.59 Å². The molecule has 114 valence electrons. The van der Waals surface area contributed by atoms with E-state index in [0.717, 1.165) is 12.1 Å². The molecule has 0 radical (unpaired) electrons. The van der Waals surface area contributed by atoms with E-state index < -0.39 is 0 Å². The van der Waals surface area contributed by atoms with Crippen molar-refractivity contribution in [3.8, 4) is 0 Å². The Hall–Kier alpha value is -1.68. The van der Waals surface area contributed by atoms with Crippen molar-refractivity contribution in [1.29, 1.82) is 0 Å². The van der Waals surface area contributed by atoms with Gasteiger partial charge in [0.15, 0.2) is 0 Å². The molecule has 0 bridgehead atoms. The third-order valence-electron chi connectivity index (χ3n) is 3.98. The van der Waals surface area contributed by atoms with Gasteiger partial charge in [0.2, 0.25) is 11.8 Å². The molecule has 1 aliphatic heterocycles. The SMILES string of the molecule is CCNC(CN1C(=O)CCC1=O)c1ccc(C(C)C)cc1. The number of rotatable bonds is 6. The van der Waals surface area contributed by atoms with Crippen molar-refractivity contribution >= 4 is 11.8 Å². The summed E-state index contributed by atoms with van der Waals surface area (Å²) < 4.78 is 0. The predicted molar refractivity (Wildman–Crippen MR) is 82.9 cm³/mol. The van der Waals surface area contributed by atoms with Gasteiger partial charge in [0.1, 0.15) is 0 Å². The Kier molecular flexibility index (Phi) is 5.12. The lowest BCUT2D eigenvalue weighted by Gasteiger charge is -2.24. The predicted octanol–water partition coefficient (Wildman–Crippen LogP) is 2.61. The van der Waals surface area contributed by atoms with Crippen molar-refractivity contribution in [1.82, 2.24) is 10.2 Å². The molecule has 1 saturated heterocycles. The van der Waals surface area contributed by atoms with Gasteiger partial charge >= 0.3 is 0 Å². The van der Waals surface area contributed by atoms with E-state index >= 15 is 0 Å². The molecule has 1 aromatic carbocycles. The number of imide groups is 1. The summed E-state index contributed by atoms with van der Waals surface area (Å²) in [5.41, 5.74) is 2.41. The largest absolute Gasteiger partial charge is 0.309 e. The topological polar surface area (TPSA) is 49.4 Å². The molecule has 1 aliphatic rings. The number of likely N-dealkylation sites (tertiary alicyclic amines) is 1. The molecule has 1 fully saturated rings. The first-order chi connectivity index (χ1) is 10.0. The number of benzene rings is 1. The fourth-order valence-electron chi connectivity index (χ4n) is 2.66. The quantitative estimate of drug-likeness (QED) is 0.819. The summed E-state index contributed by atoms with van der Waals surface area (Å²) in [4.78, 5) is 24.9. The highest BCUT2D eigenvalue weighted by Gasteiger charge is 2.31. The van der Waals surface area contributed by atoms with Gasteiger partial charge in [0.05, 0.1) is 6.04 Å². The number of nitrogens with zero attached hydrogens (tertiary/aromatic N) is 1. The Labute approximate surface area is 126 Å². The Bertz CT molecular complexity index is 492. The summed E-state index contributed by atoms with van der Waals surface area (Å²) in [6, 6.07) is 8.43. The molecule has 1 aromatic rings. The Morgan fingerprint density at radius 1 is 1.05 bits per heavy atom. The minimum Gasteiger partial charge on any atom is -0.309 e. The normalized spacial score (nSPS) is 16.9. The molecule has 21 heavy (non-hydrogen) atoms. The van der Waals surface area contributed by atoms with Crippen LogP contribution in [0, 0.1) is 0 Å². The average Bonchev–Trinajstić information content (AvgIpc) is 2.78. The maximum Gasteiger partial charge on any atom is 0.229 e. The third-order valence-corrected chi connectivity index (χ3v) is 3.98. The van der Waals surface area contributed by atoms with E-state index in [1.165, 1.54) is 10.5 Å². The van der Waals surface area contributed by atoms with E-state index in [2.05, 4.69) is 43.4 Å². The first-order valence-electron chi connectivity index (χ1n) is 7.69. The standard InChI is InChI=1S/C17H24N2O2/c1-4-18-15(11-19-16(20)9-10-17(19)21)14-7-5-13(6-8-14)12(2)3/h5-8,12,15,18H,4,9-11H2,1-3H3. The van der Waals surface area contributed by atoms with Crippen LogP contribution in [0.15, 0.2) is 24.3 Å². The van der Waals surface area contributed by atoms with Crippen LogP contribution in [0.4, 0.5) is 0 Å². The molecule has 1 N–H and O–H groups in total. The van der Waals surface area contributed by atoms with Crippen molar-refractivity contribution in [2.24, 2.45) is 0 Å². The van der Waals surface area contributed by atoms with Gasteiger partial charge in [-0.05, 0) is 23.6 Å². The number of hydrogen-bond acceptors (Lipinski definition) is 3. The minimum absolute atomic E-state index is 0.00205. The van der Waals surface area contributed by atoms with Gasteiger partial charge in [0, 0.05) is 19.4 Å². The molecule has 2 rings (SSSR count). The van der Waals surface area contributed by atoms with Gasteiger partial charge in [-0.1, -0.05) is 45.0 Å². The van der Waals surface area contributed by atoms with Crippen LogP contribution in [0.5, 0.6) is 0 Å². The van der Waals surface area contributed by atoms with Crippen molar-refractivity contribution in [3.05, 3.63) is 35.4 Å². The van der Waals surface area contributed by atoms with Crippen molar-refractivity contribution in [2.75, 3.05) is 13.1 Å². The maximum atomic E-state index is 11.8. The third kappa shape index (κ3) is 3.70. The molecule has 1 atom stereocenters. The fraction of sp³-hybridized carbons (Fsp3) is 0.529. The Morgan fingerprint density at radius 3 is 2.05 bits per heavy atom. The van der Waals surface area contributed by atoms with Gasteiger partial charge in [-0.2, -0.15) is 0 Å². The highest BCUT2D eigenvalue weighted by atomic mass is 16.2. The van der Waals surface area contributed by atoms with Gasteiger partial charge in [-0.15, -0.1) is 0 Å². The first-order valence-corrected chi connectivity index (χ1v) is 7.69. The zero-order valence-electron chi connectivity index (χ0n) is 13.1. The van der Waals surface area contributed by atoms with Gasteiger partial charge in [-0.3, -0.25) is 14.5 Å². The Balaban J connectivity index is 2.14. The van der Waals surface area contributed by atoms with Crippen LogP contribution >= 0.6 is 0 Å². The molecular formula is C17H24N2O2. The molecule has 4 nitrogen and oxygen atoms in total. The monoisotopic (exact) mass is 288 g/mol. The van der Waals surface area contributed by atoms with Crippen LogP contribution in [0.2, 0.25) is 0 Å². The number of carbonyl (C=O) groups is 2. The van der Waals surface area contributed by atoms with Crippen molar-refractivity contribution in [3.63, 3.8) is 0 Å². The molecular weight excluding hydrogens is 264 g/mol. The van der Waals surface area contributed by atoms with Gasteiger partial charge in [-0.25, -0.2) is 0 Å². The summed E-state index contributed by atoms with van der Waals surface area (Å²) in [7, 11) is 0. The van der Waals surface area contributed by atoms with Crippen molar-refractivity contribution < 1.29 is 9.59 Å². The van der Waals surface area contributed by atoms with E-state index in [1.54, 1.807) is 0 Å². The molecule has 1 heterocycles. The maximum absolute atomic E-state index is 11.8. The molecule has 0 spiro atoms. The second kappa shape index (κ2) is 6.85. The fourth-order valence-corrected chi connectivity index (χ4v) is 2.66. The summed E-state index contributed by atoms with van der Waals surface area (Å²) in [6.45, 7) is 7.58. The number of nitrogens with one attached hydrogen (secondary N) is 1.